The third-order valence-electron chi connectivity index (χ3n) is 5.29. The van der Waals surface area contributed by atoms with Crippen molar-refractivity contribution in [2.45, 2.75) is 0 Å². The number of hydrogen-bond acceptors (Lipinski definition) is 8. The van der Waals surface area contributed by atoms with Crippen molar-refractivity contribution in [3.63, 3.8) is 0 Å². The Morgan fingerprint density at radius 2 is 1.81 bits per heavy atom. The van der Waals surface area contributed by atoms with Gasteiger partial charge in [0.2, 0.25) is 5.76 Å². The molecule has 164 valence electrons. The van der Waals surface area contributed by atoms with Gasteiger partial charge in [-0.25, -0.2) is 0 Å². The first-order chi connectivity index (χ1) is 15.2. The Kier molecular flexibility index (Phi) is 6.42. The van der Waals surface area contributed by atoms with Gasteiger partial charge in [0.25, 0.3) is 5.91 Å². The molecule has 4 rings (SSSR count). The Morgan fingerprint density at radius 1 is 1.06 bits per heavy atom. The lowest BCUT2D eigenvalue weighted by Crippen LogP contribution is -2.48. The first kappa shape index (κ1) is 20.8. The number of methoxy groups -OCH3 is 2. The standard InChI is InChI=1S/C22H26N4O5/c1-28-17-12-16(13-18(14-17)29-2)26-9-7-25(8-10-26)6-5-23-22(27)19-15-21(31-24-19)20-4-3-11-30-20/h3-4,11-15H,5-10H2,1-2H3,(H,23,27). The summed E-state index contributed by atoms with van der Waals surface area (Å²) in [4.78, 5) is 16.9. The van der Waals surface area contributed by atoms with Gasteiger partial charge < -0.3 is 28.6 Å². The molecule has 0 atom stereocenters. The lowest BCUT2D eigenvalue weighted by atomic mass is 10.2. The molecule has 1 aliphatic rings. The topological polar surface area (TPSA) is 93.2 Å². The molecule has 0 saturated carbocycles. The normalized spacial score (nSPS) is 14.5. The van der Waals surface area contributed by atoms with E-state index in [1.165, 1.54) is 0 Å². The number of carbonyl (C=O) groups excluding carboxylic acids is 1. The first-order valence-corrected chi connectivity index (χ1v) is 10.2. The fourth-order valence-electron chi connectivity index (χ4n) is 3.54. The first-order valence-electron chi connectivity index (χ1n) is 10.2. The Bertz CT molecular complexity index is 971. The number of furan rings is 1. The molecule has 1 aliphatic heterocycles. The second-order valence-electron chi connectivity index (χ2n) is 7.21. The van der Waals surface area contributed by atoms with Crippen molar-refractivity contribution >= 4 is 11.6 Å². The van der Waals surface area contributed by atoms with Gasteiger partial charge in [-0.05, 0) is 12.1 Å². The van der Waals surface area contributed by atoms with Gasteiger partial charge in [0.05, 0.1) is 20.5 Å². The van der Waals surface area contributed by atoms with Gasteiger partial charge in [0.15, 0.2) is 11.5 Å². The zero-order valence-electron chi connectivity index (χ0n) is 17.7. The molecule has 3 heterocycles. The molecule has 1 amide bonds. The van der Waals surface area contributed by atoms with Gasteiger partial charge in [0, 0.05) is 69.2 Å². The summed E-state index contributed by atoms with van der Waals surface area (Å²) in [6.45, 7) is 4.89. The van der Waals surface area contributed by atoms with Crippen molar-refractivity contribution in [3.8, 4) is 23.0 Å². The maximum atomic E-state index is 12.3. The summed E-state index contributed by atoms with van der Waals surface area (Å²) in [5, 5.41) is 6.72. The van der Waals surface area contributed by atoms with Crippen molar-refractivity contribution in [1.82, 2.24) is 15.4 Å². The fraction of sp³-hybridized carbons (Fsp3) is 0.364. The highest BCUT2D eigenvalue weighted by molar-refractivity contribution is 5.92. The van der Waals surface area contributed by atoms with E-state index in [0.29, 0.717) is 18.1 Å². The highest BCUT2D eigenvalue weighted by Gasteiger charge is 2.19. The molecule has 0 aliphatic carbocycles. The Hall–Kier alpha value is -3.46. The van der Waals surface area contributed by atoms with Crippen LogP contribution in [-0.2, 0) is 0 Å². The number of benzene rings is 1. The van der Waals surface area contributed by atoms with E-state index in [9.17, 15) is 4.79 Å². The van der Waals surface area contributed by atoms with Crippen LogP contribution in [0.25, 0.3) is 11.5 Å². The number of hydrogen-bond donors (Lipinski definition) is 1. The van der Waals surface area contributed by atoms with Crippen LogP contribution < -0.4 is 19.7 Å². The van der Waals surface area contributed by atoms with Crippen molar-refractivity contribution in [3.05, 3.63) is 48.4 Å². The maximum absolute atomic E-state index is 12.3. The molecule has 3 aromatic rings. The largest absolute Gasteiger partial charge is 0.497 e. The summed E-state index contributed by atoms with van der Waals surface area (Å²) in [6.07, 6.45) is 1.54. The van der Waals surface area contributed by atoms with E-state index in [1.54, 1.807) is 38.7 Å². The fourth-order valence-corrected chi connectivity index (χ4v) is 3.54. The van der Waals surface area contributed by atoms with Gasteiger partial charge in [-0.15, -0.1) is 0 Å². The number of carbonyl (C=O) groups is 1. The molecule has 31 heavy (non-hydrogen) atoms. The van der Waals surface area contributed by atoms with E-state index in [-0.39, 0.29) is 11.6 Å². The zero-order chi connectivity index (χ0) is 21.6. The summed E-state index contributed by atoms with van der Waals surface area (Å²) in [7, 11) is 3.31. The van der Waals surface area contributed by atoms with Crippen molar-refractivity contribution in [1.29, 1.82) is 0 Å². The maximum Gasteiger partial charge on any atom is 0.273 e. The van der Waals surface area contributed by atoms with Crippen LogP contribution in [0.5, 0.6) is 11.5 Å². The van der Waals surface area contributed by atoms with E-state index in [0.717, 1.165) is 49.9 Å². The van der Waals surface area contributed by atoms with Crippen molar-refractivity contribution in [2.24, 2.45) is 0 Å². The highest BCUT2D eigenvalue weighted by atomic mass is 16.5. The van der Waals surface area contributed by atoms with Gasteiger partial charge >= 0.3 is 0 Å². The molecule has 1 N–H and O–H groups in total. The van der Waals surface area contributed by atoms with E-state index >= 15 is 0 Å². The molecule has 2 aromatic heterocycles. The lowest BCUT2D eigenvalue weighted by Gasteiger charge is -2.36. The Morgan fingerprint density at radius 3 is 2.45 bits per heavy atom. The third-order valence-corrected chi connectivity index (χ3v) is 5.29. The van der Waals surface area contributed by atoms with Crippen molar-refractivity contribution in [2.75, 3.05) is 58.4 Å². The minimum absolute atomic E-state index is 0.239. The van der Waals surface area contributed by atoms with Crippen LogP contribution in [0.3, 0.4) is 0 Å². The van der Waals surface area contributed by atoms with E-state index < -0.39 is 0 Å². The van der Waals surface area contributed by atoms with E-state index in [2.05, 4.69) is 20.3 Å². The average molecular weight is 426 g/mol. The van der Waals surface area contributed by atoms with Gasteiger partial charge in [-0.2, -0.15) is 0 Å². The molecular formula is C22H26N4O5. The van der Waals surface area contributed by atoms with Crippen LogP contribution in [0.2, 0.25) is 0 Å². The summed E-state index contributed by atoms with van der Waals surface area (Å²) in [5.41, 5.74) is 1.32. The molecule has 0 bridgehead atoms. The monoisotopic (exact) mass is 426 g/mol. The molecule has 0 unspecified atom stereocenters. The van der Waals surface area contributed by atoms with E-state index in [1.807, 2.05) is 18.2 Å². The summed E-state index contributed by atoms with van der Waals surface area (Å²) in [5.74, 6) is 2.27. The smallest absolute Gasteiger partial charge is 0.273 e. The second kappa shape index (κ2) is 9.57. The third kappa shape index (κ3) is 5.00. The number of piperazine rings is 1. The number of anilines is 1. The number of ether oxygens (including phenoxy) is 2. The predicted molar refractivity (Wildman–Crippen MR) is 115 cm³/mol. The molecule has 0 spiro atoms. The molecule has 1 saturated heterocycles. The van der Waals surface area contributed by atoms with Gasteiger partial charge in [-0.3, -0.25) is 9.69 Å². The highest BCUT2D eigenvalue weighted by Crippen LogP contribution is 2.29. The minimum atomic E-state index is -0.260. The number of amides is 1. The predicted octanol–water partition coefficient (Wildman–Crippen LogP) is 2.50. The van der Waals surface area contributed by atoms with Crippen molar-refractivity contribution < 1.29 is 23.2 Å². The van der Waals surface area contributed by atoms with Gasteiger partial charge in [-0.1, -0.05) is 5.16 Å². The Labute approximate surface area is 180 Å². The van der Waals surface area contributed by atoms with Crippen LogP contribution >= 0.6 is 0 Å². The van der Waals surface area contributed by atoms with Crippen LogP contribution in [0.15, 0.2) is 51.6 Å². The number of nitrogens with one attached hydrogen (secondary N) is 1. The quantitative estimate of drug-likeness (QED) is 0.587. The van der Waals surface area contributed by atoms with E-state index in [4.69, 9.17) is 18.4 Å². The number of nitrogens with zero attached hydrogens (tertiary/aromatic N) is 3. The molecule has 0 radical (unpaired) electrons. The summed E-state index contributed by atoms with van der Waals surface area (Å²) >= 11 is 0. The lowest BCUT2D eigenvalue weighted by molar-refractivity contribution is 0.0939. The van der Waals surface area contributed by atoms with Gasteiger partial charge in [0.1, 0.15) is 11.5 Å². The number of rotatable bonds is 8. The van der Waals surface area contributed by atoms with Crippen LogP contribution in [-0.4, -0.2) is 69.5 Å². The Balaban J connectivity index is 1.23. The second-order valence-corrected chi connectivity index (χ2v) is 7.21. The van der Waals surface area contributed by atoms with Crippen LogP contribution in [0, 0.1) is 0 Å². The molecular weight excluding hydrogens is 400 g/mol. The SMILES string of the molecule is COc1cc(OC)cc(N2CCN(CCNC(=O)c3cc(-c4ccco4)on3)CC2)c1. The average Bonchev–Trinajstić information content (AvgIpc) is 3.51. The summed E-state index contributed by atoms with van der Waals surface area (Å²) < 4.78 is 21.2. The molecule has 1 fully saturated rings. The van der Waals surface area contributed by atoms with Crippen LogP contribution in [0.4, 0.5) is 5.69 Å². The molecule has 9 nitrogen and oxygen atoms in total. The zero-order valence-corrected chi connectivity index (χ0v) is 17.7. The van der Waals surface area contributed by atoms with Crippen LogP contribution in [0.1, 0.15) is 10.5 Å². The minimum Gasteiger partial charge on any atom is -0.497 e. The number of aromatic nitrogens is 1. The molecule has 9 heteroatoms. The molecule has 1 aromatic carbocycles. The summed E-state index contributed by atoms with van der Waals surface area (Å²) in [6, 6.07) is 11.0.